The number of amides is 1. The number of benzene rings is 2. The molecule has 3 rings (SSSR count). The van der Waals surface area contributed by atoms with Crippen LogP contribution in [0.5, 0.6) is 17.2 Å². The van der Waals surface area contributed by atoms with E-state index in [1.54, 1.807) is 33.5 Å². The van der Waals surface area contributed by atoms with Crippen molar-refractivity contribution in [2.24, 2.45) is 0 Å². The average Bonchev–Trinajstić information content (AvgIpc) is 2.78. The second-order valence-electron chi connectivity index (χ2n) is 8.02. The highest BCUT2D eigenvalue weighted by atomic mass is 16.5. The number of piperazine rings is 1. The van der Waals surface area contributed by atoms with Gasteiger partial charge in [0.15, 0.2) is 11.5 Å². The van der Waals surface area contributed by atoms with E-state index >= 15 is 0 Å². The molecular weight excluding hydrogens is 380 g/mol. The standard InChI is InChI=1S/C24H32N2O4/c1-17(2)19-8-6-18(7-9-19)16-25-10-12-26(13-11-25)24(27)20-14-22(29-4)23(30-5)15-21(20)28-3/h6-9,14-15,17H,10-13,16H2,1-5H3/p+1. The van der Waals surface area contributed by atoms with Gasteiger partial charge in [-0.25, -0.2) is 0 Å². The maximum absolute atomic E-state index is 13.2. The molecule has 0 spiro atoms. The molecule has 2 aromatic rings. The minimum Gasteiger partial charge on any atom is -0.496 e. The molecule has 1 aliphatic rings. The van der Waals surface area contributed by atoms with E-state index in [0.717, 1.165) is 32.7 Å². The van der Waals surface area contributed by atoms with Crippen molar-refractivity contribution in [1.29, 1.82) is 0 Å². The topological polar surface area (TPSA) is 52.4 Å². The summed E-state index contributed by atoms with van der Waals surface area (Å²) in [5.74, 6) is 2.08. The predicted molar refractivity (Wildman–Crippen MR) is 117 cm³/mol. The zero-order valence-corrected chi connectivity index (χ0v) is 18.7. The van der Waals surface area contributed by atoms with Crippen molar-refractivity contribution in [3.8, 4) is 17.2 Å². The van der Waals surface area contributed by atoms with Gasteiger partial charge in [0.05, 0.1) is 53.1 Å². The van der Waals surface area contributed by atoms with Gasteiger partial charge >= 0.3 is 0 Å². The molecule has 0 aromatic heterocycles. The monoisotopic (exact) mass is 413 g/mol. The van der Waals surface area contributed by atoms with Gasteiger partial charge in [-0.15, -0.1) is 0 Å². The fourth-order valence-electron chi connectivity index (χ4n) is 3.88. The highest BCUT2D eigenvalue weighted by Gasteiger charge is 2.27. The van der Waals surface area contributed by atoms with Gasteiger partial charge in [-0.1, -0.05) is 38.1 Å². The lowest BCUT2D eigenvalue weighted by atomic mass is 10.0. The third-order valence-corrected chi connectivity index (χ3v) is 5.79. The van der Waals surface area contributed by atoms with Crippen LogP contribution in [-0.4, -0.2) is 58.3 Å². The van der Waals surface area contributed by atoms with E-state index in [-0.39, 0.29) is 5.91 Å². The fraction of sp³-hybridized carbons (Fsp3) is 0.458. The molecule has 162 valence electrons. The molecule has 1 aliphatic heterocycles. The Kier molecular flexibility index (Phi) is 7.21. The molecule has 1 saturated heterocycles. The summed E-state index contributed by atoms with van der Waals surface area (Å²) in [6, 6.07) is 12.3. The van der Waals surface area contributed by atoms with Crippen molar-refractivity contribution in [3.05, 3.63) is 53.1 Å². The molecule has 0 atom stereocenters. The molecule has 30 heavy (non-hydrogen) atoms. The van der Waals surface area contributed by atoms with Gasteiger partial charge in [0.25, 0.3) is 5.91 Å². The Bertz CT molecular complexity index is 856. The van der Waals surface area contributed by atoms with Gasteiger partial charge in [-0.05, 0) is 11.5 Å². The molecule has 1 amide bonds. The van der Waals surface area contributed by atoms with Crippen molar-refractivity contribution >= 4 is 5.91 Å². The Morgan fingerprint density at radius 2 is 1.50 bits per heavy atom. The maximum Gasteiger partial charge on any atom is 0.258 e. The fourth-order valence-corrected chi connectivity index (χ4v) is 3.88. The zero-order chi connectivity index (χ0) is 21.7. The largest absolute Gasteiger partial charge is 0.496 e. The number of quaternary nitrogens is 1. The number of carbonyl (C=O) groups excluding carboxylic acids is 1. The van der Waals surface area contributed by atoms with E-state index in [2.05, 4.69) is 38.1 Å². The number of nitrogens with zero attached hydrogens (tertiary/aromatic N) is 1. The Balaban J connectivity index is 1.64. The van der Waals surface area contributed by atoms with Crippen molar-refractivity contribution in [1.82, 2.24) is 4.90 Å². The van der Waals surface area contributed by atoms with Crippen LogP contribution >= 0.6 is 0 Å². The lowest BCUT2D eigenvalue weighted by Gasteiger charge is -2.32. The Morgan fingerprint density at radius 1 is 0.933 bits per heavy atom. The molecule has 1 fully saturated rings. The van der Waals surface area contributed by atoms with Crippen LogP contribution in [0.4, 0.5) is 0 Å². The first kappa shape index (κ1) is 22.0. The van der Waals surface area contributed by atoms with E-state index in [1.807, 2.05) is 4.90 Å². The third-order valence-electron chi connectivity index (χ3n) is 5.79. The summed E-state index contributed by atoms with van der Waals surface area (Å²) in [5, 5.41) is 0. The summed E-state index contributed by atoms with van der Waals surface area (Å²) in [4.78, 5) is 16.5. The molecule has 0 radical (unpaired) electrons. The zero-order valence-electron chi connectivity index (χ0n) is 18.7. The van der Waals surface area contributed by atoms with Gasteiger partial charge in [0.2, 0.25) is 0 Å². The van der Waals surface area contributed by atoms with Gasteiger partial charge in [0, 0.05) is 17.7 Å². The van der Waals surface area contributed by atoms with Crippen molar-refractivity contribution in [3.63, 3.8) is 0 Å². The van der Waals surface area contributed by atoms with Gasteiger partial charge in [0.1, 0.15) is 12.3 Å². The highest BCUT2D eigenvalue weighted by Crippen LogP contribution is 2.35. The van der Waals surface area contributed by atoms with Crippen molar-refractivity contribution in [2.45, 2.75) is 26.3 Å². The first-order valence-corrected chi connectivity index (χ1v) is 10.5. The summed E-state index contributed by atoms with van der Waals surface area (Å²) >= 11 is 0. The normalized spacial score (nSPS) is 14.7. The quantitative estimate of drug-likeness (QED) is 0.757. The minimum absolute atomic E-state index is 0.0341. The second kappa shape index (κ2) is 9.85. The van der Waals surface area contributed by atoms with Gasteiger partial charge in [-0.2, -0.15) is 0 Å². The van der Waals surface area contributed by atoms with Crippen molar-refractivity contribution < 1.29 is 23.9 Å². The van der Waals surface area contributed by atoms with E-state index in [9.17, 15) is 4.79 Å². The predicted octanol–water partition coefficient (Wildman–Crippen LogP) is 2.38. The van der Waals surface area contributed by atoms with Crippen molar-refractivity contribution in [2.75, 3.05) is 47.5 Å². The van der Waals surface area contributed by atoms with E-state index in [1.165, 1.54) is 16.0 Å². The number of hydrogen-bond donors (Lipinski definition) is 1. The Hall–Kier alpha value is -2.73. The number of carbonyl (C=O) groups is 1. The SMILES string of the molecule is COc1cc(OC)c(C(=O)N2CC[NH+](Cc3ccc(C(C)C)cc3)CC2)cc1OC. The molecule has 2 aromatic carbocycles. The Morgan fingerprint density at radius 3 is 2.03 bits per heavy atom. The van der Waals surface area contributed by atoms with Crippen LogP contribution in [0, 0.1) is 0 Å². The first-order valence-electron chi connectivity index (χ1n) is 10.5. The summed E-state index contributed by atoms with van der Waals surface area (Å²) < 4.78 is 16.1. The van der Waals surface area contributed by atoms with Crippen LogP contribution < -0.4 is 19.1 Å². The van der Waals surface area contributed by atoms with E-state index < -0.39 is 0 Å². The maximum atomic E-state index is 13.2. The molecule has 6 heteroatoms. The number of hydrogen-bond acceptors (Lipinski definition) is 4. The van der Waals surface area contributed by atoms with E-state index in [4.69, 9.17) is 14.2 Å². The van der Waals surface area contributed by atoms with Crippen LogP contribution in [0.25, 0.3) is 0 Å². The number of rotatable bonds is 7. The van der Waals surface area contributed by atoms with E-state index in [0.29, 0.717) is 28.7 Å². The first-order chi connectivity index (χ1) is 14.5. The highest BCUT2D eigenvalue weighted by molar-refractivity contribution is 5.98. The van der Waals surface area contributed by atoms with Gasteiger partial charge < -0.3 is 24.0 Å². The molecule has 1 heterocycles. The minimum atomic E-state index is -0.0341. The van der Waals surface area contributed by atoms with Crippen LogP contribution in [0.15, 0.2) is 36.4 Å². The third kappa shape index (κ3) is 4.87. The molecular formula is C24H33N2O4+. The molecule has 0 aliphatic carbocycles. The molecule has 0 saturated carbocycles. The summed E-state index contributed by atoms with van der Waals surface area (Å²) in [7, 11) is 4.69. The number of nitrogens with one attached hydrogen (secondary N) is 1. The van der Waals surface area contributed by atoms with Crippen LogP contribution in [-0.2, 0) is 6.54 Å². The summed E-state index contributed by atoms with van der Waals surface area (Å²) in [6.45, 7) is 8.69. The smallest absolute Gasteiger partial charge is 0.258 e. The average molecular weight is 414 g/mol. The molecule has 0 bridgehead atoms. The molecule has 0 unspecified atom stereocenters. The number of methoxy groups -OCH3 is 3. The summed E-state index contributed by atoms with van der Waals surface area (Å²) in [5.41, 5.74) is 3.21. The molecule has 1 N–H and O–H groups in total. The lowest BCUT2D eigenvalue weighted by Crippen LogP contribution is -3.13. The Labute approximate surface area is 179 Å². The van der Waals surface area contributed by atoms with Gasteiger partial charge in [-0.3, -0.25) is 4.79 Å². The van der Waals surface area contributed by atoms with Crippen LogP contribution in [0.2, 0.25) is 0 Å². The lowest BCUT2D eigenvalue weighted by molar-refractivity contribution is -0.917. The molecule has 6 nitrogen and oxygen atoms in total. The van der Waals surface area contributed by atoms with Crippen LogP contribution in [0.1, 0.15) is 41.3 Å². The number of ether oxygens (including phenoxy) is 3. The summed E-state index contributed by atoms with van der Waals surface area (Å²) in [6.07, 6.45) is 0. The van der Waals surface area contributed by atoms with Crippen LogP contribution in [0.3, 0.4) is 0 Å². The second-order valence-corrected chi connectivity index (χ2v) is 8.02.